The number of halogens is 1. The molecule has 3 N–H and O–H groups in total. The van der Waals surface area contributed by atoms with E-state index in [0.717, 1.165) is 24.0 Å². The number of benzene rings is 1. The van der Waals surface area contributed by atoms with Crippen molar-refractivity contribution in [1.29, 1.82) is 5.26 Å². The summed E-state index contributed by atoms with van der Waals surface area (Å²) in [5, 5.41) is 16.4. The second-order valence-electron chi connectivity index (χ2n) is 8.70. The quantitative estimate of drug-likeness (QED) is 0.630. The summed E-state index contributed by atoms with van der Waals surface area (Å²) in [4.78, 5) is 26.1. The van der Waals surface area contributed by atoms with Gasteiger partial charge >= 0.3 is 0 Å². The molecule has 170 valence electrons. The van der Waals surface area contributed by atoms with Crippen LogP contribution in [0.4, 0.5) is 10.2 Å². The van der Waals surface area contributed by atoms with E-state index >= 15 is 4.39 Å². The van der Waals surface area contributed by atoms with Crippen molar-refractivity contribution in [3.8, 4) is 18.4 Å². The molecule has 1 aliphatic heterocycles. The van der Waals surface area contributed by atoms with Crippen LogP contribution in [0.2, 0.25) is 0 Å². The predicted molar refractivity (Wildman–Crippen MR) is 119 cm³/mol. The molecular formula is C24H25FN6O2. The molecule has 0 radical (unpaired) electrons. The molecule has 2 heterocycles. The lowest BCUT2D eigenvalue weighted by atomic mass is 9.83. The molecule has 2 atom stereocenters. The van der Waals surface area contributed by atoms with Crippen LogP contribution in [0.1, 0.15) is 47.2 Å². The summed E-state index contributed by atoms with van der Waals surface area (Å²) in [5.41, 5.74) is 6.02. The van der Waals surface area contributed by atoms with E-state index in [1.54, 1.807) is 0 Å². The summed E-state index contributed by atoms with van der Waals surface area (Å²) >= 11 is 0. The highest BCUT2D eigenvalue weighted by Crippen LogP contribution is 2.37. The number of piperidine rings is 1. The van der Waals surface area contributed by atoms with E-state index in [4.69, 9.17) is 12.2 Å². The number of alkyl halides is 1. The smallest absolute Gasteiger partial charge is 0.254 e. The largest absolute Gasteiger partial charge is 0.365 e. The molecule has 9 heteroatoms. The van der Waals surface area contributed by atoms with E-state index in [9.17, 15) is 14.9 Å². The molecule has 1 aromatic heterocycles. The maximum atomic E-state index is 15.7. The Bertz CT molecular complexity index is 1140. The lowest BCUT2D eigenvalue weighted by Crippen LogP contribution is -2.54. The topological polar surface area (TPSA) is 117 Å². The fraction of sp³-hybridized carbons (Fsp3) is 0.417. The van der Waals surface area contributed by atoms with Crippen LogP contribution in [0.3, 0.4) is 0 Å². The van der Waals surface area contributed by atoms with Gasteiger partial charge in [-0.3, -0.25) is 19.2 Å². The van der Waals surface area contributed by atoms with Crippen molar-refractivity contribution in [2.75, 3.05) is 18.4 Å². The third-order valence-corrected chi connectivity index (χ3v) is 6.40. The van der Waals surface area contributed by atoms with Gasteiger partial charge < -0.3 is 11.1 Å². The van der Waals surface area contributed by atoms with E-state index in [-0.39, 0.29) is 36.2 Å². The van der Waals surface area contributed by atoms with E-state index in [0.29, 0.717) is 19.5 Å². The Morgan fingerprint density at radius 2 is 2.06 bits per heavy atom. The Morgan fingerprint density at radius 3 is 2.64 bits per heavy atom. The molecule has 1 aliphatic carbocycles. The van der Waals surface area contributed by atoms with Crippen molar-refractivity contribution in [3.63, 3.8) is 0 Å². The second-order valence-corrected chi connectivity index (χ2v) is 8.70. The number of amides is 2. The average Bonchev–Trinajstić information content (AvgIpc) is 3.56. The summed E-state index contributed by atoms with van der Waals surface area (Å²) in [6.07, 6.45) is 7.06. The van der Waals surface area contributed by atoms with Gasteiger partial charge in [-0.25, -0.2) is 4.39 Å². The molecule has 0 bridgehead atoms. The minimum atomic E-state index is -1.43. The third kappa shape index (κ3) is 4.59. The van der Waals surface area contributed by atoms with Gasteiger partial charge in [-0.15, -0.1) is 6.42 Å². The Kier molecular flexibility index (Phi) is 6.17. The van der Waals surface area contributed by atoms with Gasteiger partial charge in [-0.05, 0) is 37.0 Å². The number of rotatable bonds is 7. The summed E-state index contributed by atoms with van der Waals surface area (Å²) in [5.74, 6) is 1.47. The van der Waals surface area contributed by atoms with E-state index in [1.807, 2.05) is 29.2 Å². The van der Waals surface area contributed by atoms with Crippen LogP contribution in [0, 0.1) is 29.6 Å². The Labute approximate surface area is 191 Å². The van der Waals surface area contributed by atoms with Crippen LogP contribution in [-0.4, -0.2) is 45.8 Å². The van der Waals surface area contributed by atoms with Gasteiger partial charge in [0.15, 0.2) is 5.82 Å². The molecule has 2 unspecified atom stereocenters. The number of hydrogen-bond acceptors (Lipinski definition) is 5. The van der Waals surface area contributed by atoms with E-state index in [2.05, 4.69) is 22.4 Å². The van der Waals surface area contributed by atoms with Gasteiger partial charge in [0.1, 0.15) is 17.3 Å². The molecule has 2 aromatic rings. The monoisotopic (exact) mass is 448 g/mol. The molecule has 2 amide bonds. The molecule has 2 aliphatic rings. The Morgan fingerprint density at radius 1 is 1.33 bits per heavy atom. The van der Waals surface area contributed by atoms with Crippen LogP contribution < -0.4 is 11.1 Å². The number of anilines is 1. The minimum Gasteiger partial charge on any atom is -0.365 e. The zero-order valence-electron chi connectivity index (χ0n) is 18.1. The summed E-state index contributed by atoms with van der Waals surface area (Å²) in [6.45, 7) is 1.16. The number of nitrogens with two attached hydrogens (primary N) is 1. The fourth-order valence-electron chi connectivity index (χ4n) is 4.22. The number of likely N-dealkylation sites (tertiary alicyclic amines) is 1. The number of primary amides is 1. The lowest BCUT2D eigenvalue weighted by Gasteiger charge is -2.43. The van der Waals surface area contributed by atoms with Crippen LogP contribution in [-0.2, 0) is 16.9 Å². The van der Waals surface area contributed by atoms with Crippen molar-refractivity contribution in [2.24, 2.45) is 11.7 Å². The maximum Gasteiger partial charge on any atom is 0.254 e. The number of carbonyl (C=O) groups is 2. The van der Waals surface area contributed by atoms with Gasteiger partial charge in [0.25, 0.3) is 5.91 Å². The van der Waals surface area contributed by atoms with Gasteiger partial charge in [0.05, 0.1) is 12.5 Å². The van der Waals surface area contributed by atoms with Crippen molar-refractivity contribution >= 4 is 17.6 Å². The first-order valence-electron chi connectivity index (χ1n) is 10.9. The minimum absolute atomic E-state index is 0.00421. The lowest BCUT2D eigenvalue weighted by molar-refractivity contribution is -0.117. The van der Waals surface area contributed by atoms with Gasteiger partial charge in [-0.2, -0.15) is 10.4 Å². The van der Waals surface area contributed by atoms with Crippen molar-refractivity contribution in [1.82, 2.24) is 14.7 Å². The van der Waals surface area contributed by atoms with Gasteiger partial charge in [0, 0.05) is 37.3 Å². The van der Waals surface area contributed by atoms with Gasteiger partial charge in [-0.1, -0.05) is 18.1 Å². The predicted octanol–water partition coefficient (Wildman–Crippen LogP) is 2.16. The molecule has 1 saturated carbocycles. The van der Waals surface area contributed by atoms with Crippen molar-refractivity contribution in [3.05, 3.63) is 47.2 Å². The third-order valence-electron chi connectivity index (χ3n) is 6.40. The molecule has 33 heavy (non-hydrogen) atoms. The maximum absolute atomic E-state index is 15.7. The van der Waals surface area contributed by atoms with Crippen LogP contribution in [0.25, 0.3) is 0 Å². The SMILES string of the molecule is C#Cc1ccc(CN2CCC(CC#N)(n3cc(C(N)=O)c(NC(=O)C4CC4)n3)C(F)C2)cc1. The van der Waals surface area contributed by atoms with E-state index < -0.39 is 17.6 Å². The second kappa shape index (κ2) is 9.05. The molecule has 8 nitrogen and oxygen atoms in total. The normalized spacial score (nSPS) is 22.8. The first-order chi connectivity index (χ1) is 15.9. The molecule has 4 rings (SSSR count). The molecule has 0 spiro atoms. The number of nitrogens with zero attached hydrogens (tertiary/aromatic N) is 4. The average molecular weight is 449 g/mol. The number of terminal acetylenes is 1. The van der Waals surface area contributed by atoms with Crippen LogP contribution in [0.15, 0.2) is 30.5 Å². The number of aromatic nitrogens is 2. The zero-order valence-corrected chi connectivity index (χ0v) is 18.1. The summed E-state index contributed by atoms with van der Waals surface area (Å²) < 4.78 is 17.0. The first-order valence-corrected chi connectivity index (χ1v) is 10.9. The highest BCUT2D eigenvalue weighted by Gasteiger charge is 2.47. The first kappa shape index (κ1) is 22.5. The fourth-order valence-corrected chi connectivity index (χ4v) is 4.22. The summed E-state index contributed by atoms with van der Waals surface area (Å²) in [7, 11) is 0. The molecule has 1 saturated heterocycles. The van der Waals surface area contributed by atoms with Gasteiger partial charge in [0.2, 0.25) is 5.91 Å². The van der Waals surface area contributed by atoms with Crippen molar-refractivity contribution in [2.45, 2.75) is 43.9 Å². The molecule has 2 fully saturated rings. The highest BCUT2D eigenvalue weighted by molar-refractivity contribution is 6.02. The van der Waals surface area contributed by atoms with Crippen molar-refractivity contribution < 1.29 is 14.0 Å². The summed E-state index contributed by atoms with van der Waals surface area (Å²) in [6, 6.07) is 9.60. The number of hydrogen-bond donors (Lipinski definition) is 2. The zero-order chi connectivity index (χ0) is 23.6. The number of nitrogens with one attached hydrogen (secondary N) is 1. The van der Waals surface area contributed by atoms with E-state index in [1.165, 1.54) is 10.9 Å². The number of carbonyl (C=O) groups excluding carboxylic acids is 2. The molecule has 1 aromatic carbocycles. The Hall–Kier alpha value is -3.69. The number of nitriles is 1. The highest BCUT2D eigenvalue weighted by atomic mass is 19.1. The Balaban J connectivity index is 1.55. The standard InChI is InChI=1S/C24H25FN6O2/c1-2-16-3-5-17(6-4-16)13-30-12-10-24(9-11-26,20(25)15-30)31-14-19(21(27)32)22(29-31)28-23(33)18-7-8-18/h1,3-6,14,18,20H,7-10,12-13,15H2,(H2,27,32)(H,28,29,33). The molecular weight excluding hydrogens is 423 g/mol. The van der Waals surface area contributed by atoms with Crippen LogP contribution >= 0.6 is 0 Å². The van der Waals surface area contributed by atoms with Crippen LogP contribution in [0.5, 0.6) is 0 Å².